The van der Waals surface area contributed by atoms with Gasteiger partial charge in [-0.3, -0.25) is 9.59 Å². The van der Waals surface area contributed by atoms with Crippen LogP contribution in [0.15, 0.2) is 36.4 Å². The fourth-order valence-corrected chi connectivity index (χ4v) is 2.65. The first-order chi connectivity index (χ1) is 12.8. The van der Waals surface area contributed by atoms with Crippen LogP contribution in [0, 0.1) is 13.8 Å². The number of hydrogen-bond acceptors (Lipinski definition) is 5. The molecule has 0 saturated carbocycles. The molecule has 2 aromatic rings. The molecule has 144 valence electrons. The van der Waals surface area contributed by atoms with Gasteiger partial charge in [0, 0.05) is 5.56 Å². The van der Waals surface area contributed by atoms with Crippen molar-refractivity contribution in [2.75, 3.05) is 19.5 Å². The van der Waals surface area contributed by atoms with Gasteiger partial charge in [0.25, 0.3) is 5.91 Å². The third-order valence-electron chi connectivity index (χ3n) is 4.06. The zero-order chi connectivity index (χ0) is 20.0. The second-order valence-corrected chi connectivity index (χ2v) is 6.32. The maximum Gasteiger partial charge on any atom is 0.311 e. The van der Waals surface area contributed by atoms with Crippen molar-refractivity contribution in [1.29, 1.82) is 0 Å². The number of aryl methyl sites for hydroxylation is 2. The molecule has 0 bridgehead atoms. The fraction of sp³-hybridized carbons (Fsp3) is 0.333. The normalized spacial score (nSPS) is 11.4. The third-order valence-corrected chi connectivity index (χ3v) is 4.06. The topological polar surface area (TPSA) is 73.9 Å². The SMILES string of the molecule is COc1ccc(C)cc1CC(=O)O[C@H](C)C(=O)Nc1cc(C)ccc1OC. The molecule has 0 unspecified atom stereocenters. The molecule has 6 heteroatoms. The molecule has 6 nitrogen and oxygen atoms in total. The Bertz CT molecular complexity index is 831. The summed E-state index contributed by atoms with van der Waals surface area (Å²) < 4.78 is 15.8. The van der Waals surface area contributed by atoms with Crippen LogP contribution in [-0.4, -0.2) is 32.2 Å². The monoisotopic (exact) mass is 371 g/mol. The van der Waals surface area contributed by atoms with Gasteiger partial charge in [-0.1, -0.05) is 23.8 Å². The van der Waals surface area contributed by atoms with Crippen molar-refractivity contribution in [3.05, 3.63) is 53.1 Å². The van der Waals surface area contributed by atoms with Crippen LogP contribution in [0.1, 0.15) is 23.6 Å². The number of carbonyl (C=O) groups is 2. The van der Waals surface area contributed by atoms with Crippen LogP contribution in [0.25, 0.3) is 0 Å². The van der Waals surface area contributed by atoms with Crippen molar-refractivity contribution in [2.45, 2.75) is 33.3 Å². The number of anilines is 1. The van der Waals surface area contributed by atoms with Crippen LogP contribution in [0.4, 0.5) is 5.69 Å². The number of amides is 1. The summed E-state index contributed by atoms with van der Waals surface area (Å²) in [6, 6.07) is 11.0. The Morgan fingerprint density at radius 1 is 0.963 bits per heavy atom. The maximum absolute atomic E-state index is 12.4. The summed E-state index contributed by atoms with van der Waals surface area (Å²) in [5.41, 5.74) is 3.24. The van der Waals surface area contributed by atoms with Gasteiger partial charge in [0.05, 0.1) is 26.3 Å². The minimum atomic E-state index is -0.946. The van der Waals surface area contributed by atoms with E-state index in [4.69, 9.17) is 14.2 Å². The molecule has 27 heavy (non-hydrogen) atoms. The highest BCUT2D eigenvalue weighted by atomic mass is 16.5. The van der Waals surface area contributed by atoms with E-state index < -0.39 is 18.0 Å². The van der Waals surface area contributed by atoms with E-state index in [1.807, 2.05) is 32.0 Å². The Balaban J connectivity index is 2.01. The van der Waals surface area contributed by atoms with Gasteiger partial charge >= 0.3 is 5.97 Å². The number of rotatable bonds is 7. The minimum absolute atomic E-state index is 0.0240. The van der Waals surface area contributed by atoms with Crippen molar-refractivity contribution in [3.8, 4) is 11.5 Å². The molecule has 2 rings (SSSR count). The molecule has 0 aliphatic rings. The Labute approximate surface area is 159 Å². The number of hydrogen-bond donors (Lipinski definition) is 1. The summed E-state index contributed by atoms with van der Waals surface area (Å²) in [6.45, 7) is 5.37. The molecular weight excluding hydrogens is 346 g/mol. The smallest absolute Gasteiger partial charge is 0.311 e. The van der Waals surface area contributed by atoms with E-state index in [1.54, 1.807) is 25.3 Å². The second-order valence-electron chi connectivity index (χ2n) is 6.32. The first-order valence-electron chi connectivity index (χ1n) is 8.62. The summed E-state index contributed by atoms with van der Waals surface area (Å²) in [7, 11) is 3.07. The van der Waals surface area contributed by atoms with Gasteiger partial charge in [-0.2, -0.15) is 0 Å². The van der Waals surface area contributed by atoms with Crippen LogP contribution < -0.4 is 14.8 Å². The Hall–Kier alpha value is -3.02. The molecule has 1 amide bonds. The second kappa shape index (κ2) is 9.07. The highest BCUT2D eigenvalue weighted by molar-refractivity contribution is 5.96. The molecular formula is C21H25NO5. The largest absolute Gasteiger partial charge is 0.496 e. The summed E-state index contributed by atoms with van der Waals surface area (Å²) in [4.78, 5) is 24.6. The summed E-state index contributed by atoms with van der Waals surface area (Å²) in [6.07, 6.45) is -0.922. The first-order valence-corrected chi connectivity index (χ1v) is 8.62. The van der Waals surface area contributed by atoms with Crippen molar-refractivity contribution in [2.24, 2.45) is 0 Å². The quantitative estimate of drug-likeness (QED) is 0.755. The summed E-state index contributed by atoms with van der Waals surface area (Å²) in [5, 5.41) is 2.74. The molecule has 0 spiro atoms. The van der Waals surface area contributed by atoms with Gasteiger partial charge in [0.2, 0.25) is 0 Å². The standard InChI is InChI=1S/C21H25NO5/c1-13-6-8-18(25-4)16(10-13)12-20(23)27-15(3)21(24)22-17-11-14(2)7-9-19(17)26-5/h6-11,15H,12H2,1-5H3,(H,22,24)/t15-/m1/s1. The zero-order valence-corrected chi connectivity index (χ0v) is 16.3. The van der Waals surface area contributed by atoms with Gasteiger partial charge in [0.1, 0.15) is 11.5 Å². The van der Waals surface area contributed by atoms with E-state index in [1.165, 1.54) is 14.0 Å². The predicted octanol–water partition coefficient (Wildman–Crippen LogP) is 3.43. The number of benzene rings is 2. The Morgan fingerprint density at radius 2 is 1.56 bits per heavy atom. The lowest BCUT2D eigenvalue weighted by Crippen LogP contribution is -2.30. The molecule has 0 aliphatic heterocycles. The van der Waals surface area contributed by atoms with Crippen molar-refractivity contribution >= 4 is 17.6 Å². The lowest BCUT2D eigenvalue weighted by molar-refractivity contribution is -0.152. The zero-order valence-electron chi connectivity index (χ0n) is 16.3. The van der Waals surface area contributed by atoms with Crippen LogP contribution in [0.5, 0.6) is 11.5 Å². The van der Waals surface area contributed by atoms with Crippen molar-refractivity contribution < 1.29 is 23.8 Å². The molecule has 0 aromatic heterocycles. The molecule has 0 fully saturated rings. The van der Waals surface area contributed by atoms with E-state index >= 15 is 0 Å². The van der Waals surface area contributed by atoms with E-state index in [2.05, 4.69) is 5.32 Å². The van der Waals surface area contributed by atoms with Gasteiger partial charge in [0.15, 0.2) is 6.10 Å². The van der Waals surface area contributed by atoms with Gasteiger partial charge in [-0.25, -0.2) is 0 Å². The fourth-order valence-electron chi connectivity index (χ4n) is 2.65. The number of carbonyl (C=O) groups excluding carboxylic acids is 2. The van der Waals surface area contributed by atoms with E-state index in [0.717, 1.165) is 16.7 Å². The Kier molecular flexibility index (Phi) is 6.82. The van der Waals surface area contributed by atoms with Gasteiger partial charge in [-0.15, -0.1) is 0 Å². The average Bonchev–Trinajstić information content (AvgIpc) is 2.62. The van der Waals surface area contributed by atoms with Crippen LogP contribution in [0.3, 0.4) is 0 Å². The van der Waals surface area contributed by atoms with Gasteiger partial charge in [-0.05, 0) is 44.5 Å². The van der Waals surface area contributed by atoms with E-state index in [-0.39, 0.29) is 6.42 Å². The summed E-state index contributed by atoms with van der Waals surface area (Å²) in [5.74, 6) is 0.220. The molecule has 0 saturated heterocycles. The first kappa shape index (κ1) is 20.3. The van der Waals surface area contributed by atoms with E-state index in [9.17, 15) is 9.59 Å². The predicted molar refractivity (Wildman–Crippen MR) is 103 cm³/mol. The highest BCUT2D eigenvalue weighted by Crippen LogP contribution is 2.25. The van der Waals surface area contributed by atoms with Gasteiger partial charge < -0.3 is 19.5 Å². The van der Waals surface area contributed by atoms with Crippen molar-refractivity contribution in [1.82, 2.24) is 0 Å². The molecule has 0 aliphatic carbocycles. The van der Waals surface area contributed by atoms with Crippen LogP contribution in [0.2, 0.25) is 0 Å². The molecule has 0 radical (unpaired) electrons. The number of esters is 1. The number of methoxy groups -OCH3 is 2. The molecule has 1 atom stereocenters. The third kappa shape index (κ3) is 5.48. The van der Waals surface area contributed by atoms with Crippen LogP contribution in [-0.2, 0) is 20.7 Å². The van der Waals surface area contributed by atoms with Crippen LogP contribution >= 0.6 is 0 Å². The molecule has 0 heterocycles. The lowest BCUT2D eigenvalue weighted by atomic mass is 10.1. The van der Waals surface area contributed by atoms with Crippen molar-refractivity contribution in [3.63, 3.8) is 0 Å². The number of ether oxygens (including phenoxy) is 3. The molecule has 2 aromatic carbocycles. The maximum atomic E-state index is 12.4. The summed E-state index contributed by atoms with van der Waals surface area (Å²) >= 11 is 0. The number of nitrogens with one attached hydrogen (secondary N) is 1. The Morgan fingerprint density at radius 3 is 2.19 bits per heavy atom. The minimum Gasteiger partial charge on any atom is -0.496 e. The lowest BCUT2D eigenvalue weighted by Gasteiger charge is -2.16. The average molecular weight is 371 g/mol. The van der Waals surface area contributed by atoms with E-state index in [0.29, 0.717) is 17.2 Å². The highest BCUT2D eigenvalue weighted by Gasteiger charge is 2.20. The molecule has 1 N–H and O–H groups in total.